The lowest BCUT2D eigenvalue weighted by Gasteiger charge is -2.08. The minimum Gasteiger partial charge on any atom is -0.395 e. The van der Waals surface area contributed by atoms with E-state index in [2.05, 4.69) is 20.6 Å². The Kier molecular flexibility index (Phi) is 4.09. The maximum atomic E-state index is 10.3. The summed E-state index contributed by atoms with van der Waals surface area (Å²) in [4.78, 5) is 17.8. The van der Waals surface area contributed by atoms with E-state index in [0.717, 1.165) is 0 Å². The van der Waals surface area contributed by atoms with Crippen LogP contribution in [0.4, 0.5) is 11.5 Å². The number of carbonyl (C=O) groups excluding carboxylic acids is 1. The zero-order chi connectivity index (χ0) is 10.4. The van der Waals surface area contributed by atoms with Crippen molar-refractivity contribution in [1.29, 1.82) is 0 Å². The molecule has 0 saturated carbocycles. The number of halogens is 1. The van der Waals surface area contributed by atoms with Crippen LogP contribution in [0.3, 0.4) is 0 Å². The van der Waals surface area contributed by atoms with Gasteiger partial charge in [-0.2, -0.15) is 0 Å². The summed E-state index contributed by atoms with van der Waals surface area (Å²) in [6, 6.07) is 0. The van der Waals surface area contributed by atoms with E-state index >= 15 is 0 Å². The summed E-state index contributed by atoms with van der Waals surface area (Å²) < 4.78 is 0. The van der Waals surface area contributed by atoms with Crippen molar-refractivity contribution in [2.45, 2.75) is 0 Å². The molecule has 0 bridgehead atoms. The lowest BCUT2D eigenvalue weighted by Crippen LogP contribution is -2.10. The van der Waals surface area contributed by atoms with Crippen LogP contribution in [0.15, 0.2) is 6.33 Å². The molecule has 0 saturated heterocycles. The number of anilines is 2. The number of aromatic nitrogens is 2. The van der Waals surface area contributed by atoms with Crippen LogP contribution in [0.5, 0.6) is 0 Å². The highest BCUT2D eigenvalue weighted by molar-refractivity contribution is 6.32. The van der Waals surface area contributed by atoms with Crippen molar-refractivity contribution in [3.8, 4) is 0 Å². The van der Waals surface area contributed by atoms with Gasteiger partial charge in [0.25, 0.3) is 0 Å². The fraction of sp³-hybridized carbons (Fsp3) is 0.286. The highest BCUT2D eigenvalue weighted by Gasteiger charge is 2.07. The second-order valence-corrected chi connectivity index (χ2v) is 2.66. The first kappa shape index (κ1) is 10.7. The molecule has 0 atom stereocenters. The Morgan fingerprint density at radius 1 is 1.57 bits per heavy atom. The van der Waals surface area contributed by atoms with Gasteiger partial charge in [0.15, 0.2) is 11.0 Å². The van der Waals surface area contributed by atoms with Gasteiger partial charge in [0.1, 0.15) is 12.0 Å². The maximum Gasteiger partial charge on any atom is 0.211 e. The molecule has 1 rings (SSSR count). The van der Waals surface area contributed by atoms with Crippen LogP contribution in [-0.2, 0) is 4.79 Å². The van der Waals surface area contributed by atoms with Crippen LogP contribution in [0.1, 0.15) is 0 Å². The molecule has 3 N–H and O–H groups in total. The minimum absolute atomic E-state index is 0.0395. The number of amides is 1. The molecule has 1 heterocycles. The third-order valence-corrected chi connectivity index (χ3v) is 1.70. The molecule has 1 aromatic rings. The van der Waals surface area contributed by atoms with Gasteiger partial charge in [-0.25, -0.2) is 9.97 Å². The summed E-state index contributed by atoms with van der Waals surface area (Å²) in [6.45, 7) is 0.281. The molecule has 1 aromatic heterocycles. The van der Waals surface area contributed by atoms with E-state index in [0.29, 0.717) is 24.5 Å². The van der Waals surface area contributed by atoms with E-state index in [-0.39, 0.29) is 11.8 Å². The van der Waals surface area contributed by atoms with E-state index in [9.17, 15) is 4.79 Å². The number of hydrogen-bond acceptors (Lipinski definition) is 5. The molecule has 0 radical (unpaired) electrons. The number of hydrogen-bond donors (Lipinski definition) is 3. The Hall–Kier alpha value is -1.40. The smallest absolute Gasteiger partial charge is 0.211 e. The largest absolute Gasteiger partial charge is 0.395 e. The van der Waals surface area contributed by atoms with Crippen LogP contribution < -0.4 is 10.6 Å². The molecular formula is C7H9ClN4O2. The fourth-order valence-corrected chi connectivity index (χ4v) is 1.05. The first-order chi connectivity index (χ1) is 6.79. The zero-order valence-corrected chi connectivity index (χ0v) is 7.95. The monoisotopic (exact) mass is 216 g/mol. The molecule has 76 valence electrons. The predicted molar refractivity (Wildman–Crippen MR) is 52.3 cm³/mol. The molecule has 7 heteroatoms. The van der Waals surface area contributed by atoms with Crippen LogP contribution in [-0.4, -0.2) is 34.6 Å². The molecular weight excluding hydrogens is 208 g/mol. The topological polar surface area (TPSA) is 87.1 Å². The molecule has 1 amide bonds. The number of aliphatic hydroxyl groups excluding tert-OH is 1. The van der Waals surface area contributed by atoms with E-state index in [1.54, 1.807) is 0 Å². The lowest BCUT2D eigenvalue weighted by atomic mass is 10.4. The molecule has 14 heavy (non-hydrogen) atoms. The number of rotatable bonds is 5. The molecule has 0 aromatic carbocycles. The van der Waals surface area contributed by atoms with Crippen LogP contribution >= 0.6 is 11.6 Å². The van der Waals surface area contributed by atoms with Crippen LogP contribution in [0.25, 0.3) is 0 Å². The third-order valence-electron chi connectivity index (χ3n) is 1.41. The van der Waals surface area contributed by atoms with Gasteiger partial charge < -0.3 is 15.7 Å². The second kappa shape index (κ2) is 5.36. The number of aliphatic hydroxyl groups is 1. The van der Waals surface area contributed by atoms with Gasteiger partial charge in [-0.3, -0.25) is 4.79 Å². The Morgan fingerprint density at radius 3 is 3.00 bits per heavy atom. The van der Waals surface area contributed by atoms with Crippen molar-refractivity contribution in [1.82, 2.24) is 9.97 Å². The van der Waals surface area contributed by atoms with Crippen molar-refractivity contribution in [3.05, 3.63) is 11.5 Å². The normalized spacial score (nSPS) is 9.57. The second-order valence-electron chi connectivity index (χ2n) is 2.30. The number of carbonyl (C=O) groups is 1. The van der Waals surface area contributed by atoms with Crippen LogP contribution in [0.2, 0.25) is 5.15 Å². The molecule has 6 nitrogen and oxygen atoms in total. The summed E-state index contributed by atoms with van der Waals surface area (Å²) in [6.07, 6.45) is 1.74. The zero-order valence-electron chi connectivity index (χ0n) is 7.20. The van der Waals surface area contributed by atoms with Crippen molar-refractivity contribution < 1.29 is 9.90 Å². The van der Waals surface area contributed by atoms with Gasteiger partial charge in [-0.05, 0) is 0 Å². The Morgan fingerprint density at radius 2 is 2.36 bits per heavy atom. The summed E-state index contributed by atoms with van der Waals surface area (Å²) in [5.74, 6) is 0.381. The Labute approximate surface area is 85.3 Å². The summed E-state index contributed by atoms with van der Waals surface area (Å²) in [5, 5.41) is 13.9. The third kappa shape index (κ3) is 2.54. The highest BCUT2D eigenvalue weighted by atomic mass is 35.5. The Balaban J connectivity index is 2.89. The van der Waals surface area contributed by atoms with Gasteiger partial charge in [-0.15, -0.1) is 0 Å². The van der Waals surface area contributed by atoms with Gasteiger partial charge in [0.05, 0.1) is 6.61 Å². The van der Waals surface area contributed by atoms with Crippen molar-refractivity contribution in [2.24, 2.45) is 0 Å². The lowest BCUT2D eigenvalue weighted by molar-refractivity contribution is -0.105. The average molecular weight is 217 g/mol. The SMILES string of the molecule is O=CNc1c(Cl)ncnc1NCCO. The standard InChI is InChI=1S/C7H9ClN4O2/c8-6-5(12-4-14)7(9-1-2-13)11-3-10-6/h3-4,13H,1-2H2,(H,12,14)(H,9,10,11). The fourth-order valence-electron chi connectivity index (χ4n) is 0.859. The predicted octanol–water partition coefficient (Wildman–Crippen LogP) is 0.102. The van der Waals surface area contributed by atoms with Crippen LogP contribution in [0, 0.1) is 0 Å². The summed E-state index contributed by atoms with van der Waals surface area (Å²) >= 11 is 5.71. The van der Waals surface area contributed by atoms with Crippen molar-refractivity contribution >= 4 is 29.5 Å². The number of nitrogens with one attached hydrogen (secondary N) is 2. The van der Waals surface area contributed by atoms with Gasteiger partial charge in [0, 0.05) is 6.54 Å². The van der Waals surface area contributed by atoms with E-state index < -0.39 is 0 Å². The van der Waals surface area contributed by atoms with Gasteiger partial charge in [0.2, 0.25) is 6.41 Å². The highest BCUT2D eigenvalue weighted by Crippen LogP contribution is 2.24. The van der Waals surface area contributed by atoms with E-state index in [1.807, 2.05) is 0 Å². The van der Waals surface area contributed by atoms with Crippen molar-refractivity contribution in [2.75, 3.05) is 23.8 Å². The summed E-state index contributed by atoms with van der Waals surface area (Å²) in [7, 11) is 0. The van der Waals surface area contributed by atoms with E-state index in [4.69, 9.17) is 16.7 Å². The Bertz CT molecular complexity index is 321. The molecule has 0 spiro atoms. The number of nitrogens with zero attached hydrogens (tertiary/aromatic N) is 2. The molecule has 0 aliphatic carbocycles. The van der Waals surface area contributed by atoms with E-state index in [1.165, 1.54) is 6.33 Å². The maximum absolute atomic E-state index is 10.3. The molecule has 0 aliphatic rings. The van der Waals surface area contributed by atoms with Gasteiger partial charge >= 0.3 is 0 Å². The minimum atomic E-state index is -0.0395. The summed E-state index contributed by atoms with van der Waals surface area (Å²) in [5.41, 5.74) is 0.303. The van der Waals surface area contributed by atoms with Crippen molar-refractivity contribution in [3.63, 3.8) is 0 Å². The van der Waals surface area contributed by atoms with Gasteiger partial charge in [-0.1, -0.05) is 11.6 Å². The molecule has 0 unspecified atom stereocenters. The quantitative estimate of drug-likeness (QED) is 0.480. The molecule has 0 fully saturated rings. The average Bonchev–Trinajstić information content (AvgIpc) is 2.19. The first-order valence-electron chi connectivity index (χ1n) is 3.85. The molecule has 0 aliphatic heterocycles. The first-order valence-corrected chi connectivity index (χ1v) is 4.22.